The van der Waals surface area contributed by atoms with Crippen molar-refractivity contribution in [2.24, 2.45) is 0 Å². The maximum Gasteiger partial charge on any atom is 0.337 e. The van der Waals surface area contributed by atoms with E-state index in [1.807, 2.05) is 25.2 Å². The normalized spacial score (nSPS) is 10.8. The van der Waals surface area contributed by atoms with Gasteiger partial charge in [0, 0.05) is 11.0 Å². The Morgan fingerprint density at radius 2 is 2.15 bits per heavy atom. The van der Waals surface area contributed by atoms with E-state index in [1.54, 1.807) is 18.4 Å². The fourth-order valence-corrected chi connectivity index (χ4v) is 2.44. The van der Waals surface area contributed by atoms with E-state index >= 15 is 0 Å². The molecule has 0 bridgehead atoms. The summed E-state index contributed by atoms with van der Waals surface area (Å²) in [7, 11) is 3.39. The molecule has 2 aromatic rings. The molecule has 0 unspecified atom stereocenters. The molecule has 0 aliphatic carbocycles. The third kappa shape index (κ3) is 3.71. The fraction of sp³-hybridized carbons (Fsp3) is 0.267. The lowest BCUT2D eigenvalue weighted by molar-refractivity contribution is 0.0600. The molecule has 0 radical (unpaired) electrons. The average molecular weight is 338 g/mol. The smallest absolute Gasteiger partial charge is 0.337 e. The number of ether oxygens (including phenoxy) is 1. The Bertz CT molecular complexity index is 581. The van der Waals surface area contributed by atoms with Gasteiger partial charge in [0.1, 0.15) is 5.76 Å². The van der Waals surface area contributed by atoms with Crippen LogP contribution in [0, 0.1) is 0 Å². The molecular weight excluding hydrogens is 322 g/mol. The van der Waals surface area contributed by atoms with Crippen molar-refractivity contribution in [3.8, 4) is 0 Å². The summed E-state index contributed by atoms with van der Waals surface area (Å²) in [6.07, 6.45) is 1.67. The highest BCUT2D eigenvalue weighted by molar-refractivity contribution is 9.10. The first-order valence-electron chi connectivity index (χ1n) is 6.18. The van der Waals surface area contributed by atoms with Crippen molar-refractivity contribution in [2.45, 2.75) is 13.1 Å². The van der Waals surface area contributed by atoms with Crippen molar-refractivity contribution in [3.05, 3.63) is 58.0 Å². The van der Waals surface area contributed by atoms with E-state index in [-0.39, 0.29) is 5.97 Å². The molecule has 5 heteroatoms. The van der Waals surface area contributed by atoms with Crippen molar-refractivity contribution in [3.63, 3.8) is 0 Å². The number of rotatable bonds is 5. The maximum atomic E-state index is 11.4. The third-order valence-corrected chi connectivity index (χ3v) is 3.66. The number of methoxy groups -OCH3 is 1. The SMILES string of the molecule is COC(=O)c1ccc(CN(C)Cc2ccco2)c(Br)c1. The summed E-state index contributed by atoms with van der Waals surface area (Å²) < 4.78 is 10.9. The van der Waals surface area contributed by atoms with Gasteiger partial charge in [-0.3, -0.25) is 4.90 Å². The first-order chi connectivity index (χ1) is 9.60. The average Bonchev–Trinajstić information content (AvgIpc) is 2.93. The van der Waals surface area contributed by atoms with Crippen molar-refractivity contribution in [1.29, 1.82) is 0 Å². The number of nitrogens with zero attached hydrogens (tertiary/aromatic N) is 1. The summed E-state index contributed by atoms with van der Waals surface area (Å²) in [5.74, 6) is 0.594. The van der Waals surface area contributed by atoms with E-state index < -0.39 is 0 Å². The zero-order valence-electron chi connectivity index (χ0n) is 11.4. The Balaban J connectivity index is 2.04. The third-order valence-electron chi connectivity index (χ3n) is 2.92. The van der Waals surface area contributed by atoms with Gasteiger partial charge >= 0.3 is 5.97 Å². The Labute approximate surface area is 126 Å². The number of carbonyl (C=O) groups is 1. The Hall–Kier alpha value is -1.59. The topological polar surface area (TPSA) is 42.7 Å². The number of esters is 1. The van der Waals surface area contributed by atoms with Gasteiger partial charge in [0.05, 0.1) is 25.5 Å². The number of hydrogen-bond donors (Lipinski definition) is 0. The van der Waals surface area contributed by atoms with Crippen LogP contribution in [-0.4, -0.2) is 25.0 Å². The minimum absolute atomic E-state index is 0.332. The van der Waals surface area contributed by atoms with Gasteiger partial charge < -0.3 is 9.15 Å². The van der Waals surface area contributed by atoms with E-state index in [0.29, 0.717) is 5.56 Å². The van der Waals surface area contributed by atoms with Crippen LogP contribution < -0.4 is 0 Å². The number of furan rings is 1. The van der Waals surface area contributed by atoms with Crippen LogP contribution >= 0.6 is 15.9 Å². The zero-order valence-corrected chi connectivity index (χ0v) is 13.0. The highest BCUT2D eigenvalue weighted by Gasteiger charge is 2.10. The second-order valence-corrected chi connectivity index (χ2v) is 5.40. The Morgan fingerprint density at radius 1 is 1.35 bits per heavy atom. The minimum atomic E-state index is -0.332. The van der Waals surface area contributed by atoms with Crippen LogP contribution in [0.1, 0.15) is 21.7 Å². The molecule has 0 N–H and O–H groups in total. The van der Waals surface area contributed by atoms with Crippen molar-refractivity contribution >= 4 is 21.9 Å². The van der Waals surface area contributed by atoms with E-state index in [1.165, 1.54) is 7.11 Å². The molecule has 0 spiro atoms. The lowest BCUT2D eigenvalue weighted by Gasteiger charge is -2.16. The van der Waals surface area contributed by atoms with Gasteiger partial charge in [0.2, 0.25) is 0 Å². The highest BCUT2D eigenvalue weighted by atomic mass is 79.9. The molecular formula is C15H16BrNO3. The van der Waals surface area contributed by atoms with Crippen LogP contribution in [0.3, 0.4) is 0 Å². The molecule has 1 heterocycles. The first kappa shape index (κ1) is 14.8. The quantitative estimate of drug-likeness (QED) is 0.783. The van der Waals surface area contributed by atoms with E-state index in [0.717, 1.165) is 28.9 Å². The van der Waals surface area contributed by atoms with Crippen molar-refractivity contribution in [2.75, 3.05) is 14.2 Å². The van der Waals surface area contributed by atoms with Gasteiger partial charge in [-0.25, -0.2) is 4.79 Å². The number of halogens is 1. The van der Waals surface area contributed by atoms with E-state index in [2.05, 4.69) is 20.8 Å². The Morgan fingerprint density at radius 3 is 2.75 bits per heavy atom. The van der Waals surface area contributed by atoms with Gasteiger partial charge in [-0.1, -0.05) is 22.0 Å². The molecule has 1 aromatic heterocycles. The molecule has 0 amide bonds. The van der Waals surface area contributed by atoms with Crippen LogP contribution in [0.5, 0.6) is 0 Å². The molecule has 0 fully saturated rings. The number of hydrogen-bond acceptors (Lipinski definition) is 4. The maximum absolute atomic E-state index is 11.4. The summed E-state index contributed by atoms with van der Waals surface area (Å²) in [5, 5.41) is 0. The van der Waals surface area contributed by atoms with Crippen LogP contribution in [-0.2, 0) is 17.8 Å². The van der Waals surface area contributed by atoms with Crippen LogP contribution in [0.4, 0.5) is 0 Å². The monoisotopic (exact) mass is 337 g/mol. The zero-order chi connectivity index (χ0) is 14.5. The summed E-state index contributed by atoms with van der Waals surface area (Å²) in [5.41, 5.74) is 1.64. The molecule has 0 saturated heterocycles. The van der Waals surface area contributed by atoms with Gasteiger partial charge in [-0.05, 0) is 36.9 Å². The predicted molar refractivity (Wildman–Crippen MR) is 79.4 cm³/mol. The van der Waals surface area contributed by atoms with Crippen LogP contribution in [0.25, 0.3) is 0 Å². The largest absolute Gasteiger partial charge is 0.468 e. The molecule has 1 aromatic carbocycles. The van der Waals surface area contributed by atoms with Gasteiger partial charge in [-0.15, -0.1) is 0 Å². The highest BCUT2D eigenvalue weighted by Crippen LogP contribution is 2.21. The number of carbonyl (C=O) groups excluding carboxylic acids is 1. The molecule has 0 aliphatic rings. The first-order valence-corrected chi connectivity index (χ1v) is 6.97. The van der Waals surface area contributed by atoms with E-state index in [4.69, 9.17) is 9.15 Å². The number of benzene rings is 1. The molecule has 0 saturated carbocycles. The van der Waals surface area contributed by atoms with Crippen LogP contribution in [0.15, 0.2) is 45.5 Å². The lowest BCUT2D eigenvalue weighted by atomic mass is 10.1. The summed E-state index contributed by atoms with van der Waals surface area (Å²) in [4.78, 5) is 13.6. The van der Waals surface area contributed by atoms with Gasteiger partial charge in [0.25, 0.3) is 0 Å². The van der Waals surface area contributed by atoms with E-state index in [9.17, 15) is 4.79 Å². The fourth-order valence-electron chi connectivity index (χ4n) is 1.94. The summed E-state index contributed by atoms with van der Waals surface area (Å²) >= 11 is 3.49. The van der Waals surface area contributed by atoms with Crippen LogP contribution in [0.2, 0.25) is 0 Å². The second kappa shape index (κ2) is 6.72. The molecule has 4 nitrogen and oxygen atoms in total. The molecule has 106 valence electrons. The lowest BCUT2D eigenvalue weighted by Crippen LogP contribution is -2.17. The second-order valence-electron chi connectivity index (χ2n) is 4.55. The molecule has 20 heavy (non-hydrogen) atoms. The van der Waals surface area contributed by atoms with Gasteiger partial charge in [-0.2, -0.15) is 0 Å². The molecule has 0 aliphatic heterocycles. The molecule has 0 atom stereocenters. The minimum Gasteiger partial charge on any atom is -0.468 e. The predicted octanol–water partition coefficient (Wildman–Crippen LogP) is 3.46. The van der Waals surface area contributed by atoms with Crippen molar-refractivity contribution in [1.82, 2.24) is 4.90 Å². The summed E-state index contributed by atoms with van der Waals surface area (Å²) in [6, 6.07) is 9.31. The van der Waals surface area contributed by atoms with Crippen molar-refractivity contribution < 1.29 is 13.9 Å². The molecule has 2 rings (SSSR count). The summed E-state index contributed by atoms with van der Waals surface area (Å²) in [6.45, 7) is 1.49. The Kier molecular flexibility index (Phi) is 4.98. The van der Waals surface area contributed by atoms with Gasteiger partial charge in [0.15, 0.2) is 0 Å². The standard InChI is InChI=1S/C15H16BrNO3/c1-17(10-13-4-3-7-20-13)9-12-6-5-11(8-14(12)16)15(18)19-2/h3-8H,9-10H2,1-2H3.